The predicted octanol–water partition coefficient (Wildman–Crippen LogP) is 4.73. The van der Waals surface area contributed by atoms with Crippen LogP contribution in [0.2, 0.25) is 10.0 Å². The average molecular weight is 427 g/mol. The van der Waals surface area contributed by atoms with Crippen LogP contribution in [0.1, 0.15) is 31.7 Å². The van der Waals surface area contributed by atoms with Gasteiger partial charge in [-0.25, -0.2) is 0 Å². The van der Waals surface area contributed by atoms with E-state index >= 15 is 0 Å². The molecule has 1 amide bonds. The zero-order valence-electron chi connectivity index (χ0n) is 15.7. The fourth-order valence-corrected chi connectivity index (χ4v) is 3.52. The maximum absolute atomic E-state index is 12.0. The first kappa shape index (κ1) is 21.8. The summed E-state index contributed by atoms with van der Waals surface area (Å²) in [6.45, 7) is 5.82. The number of aryl methyl sites for hydroxylation is 1. The van der Waals surface area contributed by atoms with Gasteiger partial charge in [0, 0.05) is 35.6 Å². The third-order valence-corrected chi connectivity index (χ3v) is 5.01. The van der Waals surface area contributed by atoms with Gasteiger partial charge in [-0.05, 0) is 42.4 Å². The van der Waals surface area contributed by atoms with Gasteiger partial charge in [0.15, 0.2) is 5.16 Å². The molecule has 0 aliphatic heterocycles. The van der Waals surface area contributed by atoms with Crippen molar-refractivity contribution in [3.8, 4) is 0 Å². The van der Waals surface area contributed by atoms with E-state index in [-0.39, 0.29) is 5.91 Å². The molecule has 0 fully saturated rings. The van der Waals surface area contributed by atoms with Gasteiger partial charge in [0.1, 0.15) is 5.82 Å². The van der Waals surface area contributed by atoms with E-state index in [1.54, 1.807) is 36.0 Å². The summed E-state index contributed by atoms with van der Waals surface area (Å²) in [4.78, 5) is 12.0. The molecule has 0 radical (unpaired) electrons. The van der Waals surface area contributed by atoms with Crippen LogP contribution in [-0.4, -0.2) is 33.5 Å². The molecule has 0 saturated carbocycles. The Morgan fingerprint density at radius 1 is 1.33 bits per heavy atom. The number of carbonyl (C=O) groups is 1. The van der Waals surface area contributed by atoms with Crippen LogP contribution in [0.25, 0.3) is 6.08 Å². The fraction of sp³-hybridized carbons (Fsp3) is 0.421. The molecular formula is C19H24Cl2N4OS. The largest absolute Gasteiger partial charge is 0.353 e. The lowest BCUT2D eigenvalue weighted by Crippen LogP contribution is -2.23. The van der Waals surface area contributed by atoms with Crippen molar-refractivity contribution in [3.63, 3.8) is 0 Å². The van der Waals surface area contributed by atoms with Gasteiger partial charge in [0.05, 0.1) is 0 Å². The van der Waals surface area contributed by atoms with Crippen LogP contribution >= 0.6 is 35.0 Å². The van der Waals surface area contributed by atoms with Crippen molar-refractivity contribution in [3.05, 3.63) is 45.7 Å². The summed E-state index contributed by atoms with van der Waals surface area (Å²) in [5.41, 5.74) is 0.752. The molecule has 0 aliphatic carbocycles. The number of nitrogens with one attached hydrogen (secondary N) is 1. The van der Waals surface area contributed by atoms with E-state index in [9.17, 15) is 4.79 Å². The van der Waals surface area contributed by atoms with E-state index in [0.717, 1.165) is 35.9 Å². The van der Waals surface area contributed by atoms with Crippen molar-refractivity contribution in [2.75, 3.05) is 12.8 Å². The van der Waals surface area contributed by atoms with E-state index in [1.807, 2.05) is 6.26 Å². The zero-order valence-corrected chi connectivity index (χ0v) is 18.0. The second-order valence-corrected chi connectivity index (χ2v) is 8.12. The molecule has 146 valence electrons. The molecule has 5 nitrogen and oxygen atoms in total. The summed E-state index contributed by atoms with van der Waals surface area (Å²) in [6, 6.07) is 5.16. The van der Waals surface area contributed by atoms with Crippen LogP contribution in [0, 0.1) is 5.92 Å². The lowest BCUT2D eigenvalue weighted by molar-refractivity contribution is -0.116. The van der Waals surface area contributed by atoms with Gasteiger partial charge in [-0.15, -0.1) is 10.2 Å². The van der Waals surface area contributed by atoms with Gasteiger partial charge in [-0.1, -0.05) is 54.9 Å². The topological polar surface area (TPSA) is 59.8 Å². The maximum atomic E-state index is 12.0. The van der Waals surface area contributed by atoms with Crippen LogP contribution in [0.4, 0.5) is 0 Å². The summed E-state index contributed by atoms with van der Waals surface area (Å²) in [5.74, 6) is 1.33. The van der Waals surface area contributed by atoms with Gasteiger partial charge in [0.2, 0.25) is 5.91 Å². The number of hydrogen-bond acceptors (Lipinski definition) is 4. The molecule has 1 heterocycles. The Morgan fingerprint density at radius 2 is 2.11 bits per heavy atom. The molecule has 1 N–H and O–H groups in total. The van der Waals surface area contributed by atoms with Crippen molar-refractivity contribution in [2.45, 2.75) is 38.4 Å². The molecule has 1 aromatic carbocycles. The average Bonchev–Trinajstić information content (AvgIpc) is 2.99. The Hall–Kier alpha value is -1.50. The molecule has 27 heavy (non-hydrogen) atoms. The molecule has 0 unspecified atom stereocenters. The van der Waals surface area contributed by atoms with E-state index in [2.05, 4.69) is 33.9 Å². The van der Waals surface area contributed by atoms with E-state index in [0.29, 0.717) is 22.5 Å². The van der Waals surface area contributed by atoms with Crippen molar-refractivity contribution >= 4 is 46.9 Å². The molecule has 2 aromatic rings. The Morgan fingerprint density at radius 3 is 2.78 bits per heavy atom. The number of amides is 1. The van der Waals surface area contributed by atoms with Gasteiger partial charge < -0.3 is 9.88 Å². The van der Waals surface area contributed by atoms with Crippen LogP contribution in [0.5, 0.6) is 0 Å². The first-order chi connectivity index (χ1) is 12.9. The number of halogens is 2. The third-order valence-electron chi connectivity index (χ3n) is 3.78. The van der Waals surface area contributed by atoms with Gasteiger partial charge in [0.25, 0.3) is 0 Å². The van der Waals surface area contributed by atoms with Crippen molar-refractivity contribution in [2.24, 2.45) is 5.92 Å². The smallest absolute Gasteiger partial charge is 0.244 e. The standard InChI is InChI=1S/C19H24Cl2N4OS/c1-13(2)12-25-17(23-24-19(25)27-3)5-4-10-22-18(26)9-7-14-6-8-15(20)11-16(14)21/h6-9,11,13H,4-5,10,12H2,1-3H3,(H,22,26). The van der Waals surface area contributed by atoms with Crippen molar-refractivity contribution in [1.82, 2.24) is 20.1 Å². The monoisotopic (exact) mass is 426 g/mol. The summed E-state index contributed by atoms with van der Waals surface area (Å²) in [6.07, 6.45) is 6.73. The molecule has 0 atom stereocenters. The second-order valence-electron chi connectivity index (χ2n) is 6.50. The van der Waals surface area contributed by atoms with Crippen LogP contribution in [-0.2, 0) is 17.8 Å². The molecule has 0 bridgehead atoms. The predicted molar refractivity (Wildman–Crippen MR) is 113 cm³/mol. The molecule has 2 rings (SSSR count). The number of hydrogen-bond donors (Lipinski definition) is 1. The first-order valence-electron chi connectivity index (χ1n) is 8.77. The van der Waals surface area contributed by atoms with Crippen molar-refractivity contribution < 1.29 is 4.79 Å². The molecule has 8 heteroatoms. The van der Waals surface area contributed by atoms with E-state index in [4.69, 9.17) is 23.2 Å². The number of benzene rings is 1. The number of nitrogens with zero attached hydrogens (tertiary/aromatic N) is 3. The maximum Gasteiger partial charge on any atom is 0.244 e. The Kier molecular flexibility index (Phi) is 8.67. The molecule has 0 saturated heterocycles. The molecule has 1 aromatic heterocycles. The first-order valence-corrected chi connectivity index (χ1v) is 10.8. The van der Waals surface area contributed by atoms with Crippen LogP contribution in [0.3, 0.4) is 0 Å². The summed E-state index contributed by atoms with van der Waals surface area (Å²) < 4.78 is 2.17. The Labute approximate surface area is 174 Å². The number of aromatic nitrogens is 3. The van der Waals surface area contributed by atoms with Gasteiger partial charge in [-0.3, -0.25) is 4.79 Å². The van der Waals surface area contributed by atoms with Crippen LogP contribution in [0.15, 0.2) is 29.4 Å². The second kappa shape index (κ2) is 10.7. The minimum atomic E-state index is -0.158. The Balaban J connectivity index is 1.82. The van der Waals surface area contributed by atoms with Gasteiger partial charge in [-0.2, -0.15) is 0 Å². The number of carbonyl (C=O) groups excluding carboxylic acids is 1. The highest BCUT2D eigenvalue weighted by Crippen LogP contribution is 2.22. The minimum absolute atomic E-state index is 0.158. The lowest BCUT2D eigenvalue weighted by atomic mass is 10.2. The summed E-state index contributed by atoms with van der Waals surface area (Å²) >= 11 is 13.6. The SMILES string of the molecule is CSc1nnc(CCCNC(=O)C=Cc2ccc(Cl)cc2Cl)n1CC(C)C. The normalized spacial score (nSPS) is 11.5. The summed E-state index contributed by atoms with van der Waals surface area (Å²) in [7, 11) is 0. The number of rotatable bonds is 9. The van der Waals surface area contributed by atoms with Gasteiger partial charge >= 0.3 is 0 Å². The van der Waals surface area contributed by atoms with Crippen LogP contribution < -0.4 is 5.32 Å². The van der Waals surface area contributed by atoms with Crippen molar-refractivity contribution in [1.29, 1.82) is 0 Å². The highest BCUT2D eigenvalue weighted by Gasteiger charge is 2.12. The highest BCUT2D eigenvalue weighted by atomic mass is 35.5. The minimum Gasteiger partial charge on any atom is -0.353 e. The fourth-order valence-electron chi connectivity index (χ4n) is 2.52. The molecule has 0 aliphatic rings. The lowest BCUT2D eigenvalue weighted by Gasteiger charge is -2.11. The molecule has 0 spiro atoms. The summed E-state index contributed by atoms with van der Waals surface area (Å²) in [5, 5.41) is 13.4. The quantitative estimate of drug-likeness (QED) is 0.357. The highest BCUT2D eigenvalue weighted by molar-refractivity contribution is 7.98. The zero-order chi connectivity index (χ0) is 19.8. The van der Waals surface area contributed by atoms with E-state index < -0.39 is 0 Å². The third kappa shape index (κ3) is 6.87. The molecular weight excluding hydrogens is 403 g/mol. The Bertz CT molecular complexity index is 805. The number of thioether (sulfide) groups is 1. The van der Waals surface area contributed by atoms with E-state index in [1.165, 1.54) is 6.08 Å².